The Balaban J connectivity index is 2.23. The molecule has 11 heavy (non-hydrogen) atoms. The van der Waals surface area contributed by atoms with E-state index in [1.54, 1.807) is 0 Å². The normalized spacial score (nSPS) is 13.3. The van der Waals surface area contributed by atoms with Crippen molar-refractivity contribution in [2.45, 2.75) is 18.9 Å². The number of aromatic nitrogens is 1. The van der Waals surface area contributed by atoms with Crippen molar-refractivity contribution in [2.24, 2.45) is 5.73 Å². The highest BCUT2D eigenvalue weighted by molar-refractivity contribution is 5.03. The number of H-pyrrole nitrogens is 1. The van der Waals surface area contributed by atoms with Gasteiger partial charge in [-0.25, -0.2) is 0 Å². The van der Waals surface area contributed by atoms with E-state index in [2.05, 4.69) is 4.98 Å². The summed E-state index contributed by atoms with van der Waals surface area (Å²) in [6, 6.07) is 3.89. The van der Waals surface area contributed by atoms with Crippen molar-refractivity contribution >= 4 is 0 Å². The number of aryl methyl sites for hydroxylation is 1. The molecular weight excluding hydrogens is 140 g/mol. The van der Waals surface area contributed by atoms with E-state index in [4.69, 9.17) is 10.8 Å². The maximum Gasteiger partial charge on any atom is 0.0582 e. The Labute approximate surface area is 66.2 Å². The Hall–Kier alpha value is -0.800. The molecule has 0 aromatic carbocycles. The van der Waals surface area contributed by atoms with Gasteiger partial charge < -0.3 is 15.8 Å². The Bertz CT molecular complexity index is 184. The van der Waals surface area contributed by atoms with E-state index in [-0.39, 0.29) is 12.6 Å². The molecule has 0 fully saturated rings. The van der Waals surface area contributed by atoms with E-state index in [0.29, 0.717) is 0 Å². The molecule has 0 aliphatic heterocycles. The second-order valence-corrected chi connectivity index (χ2v) is 2.68. The van der Waals surface area contributed by atoms with Gasteiger partial charge in [0.15, 0.2) is 0 Å². The van der Waals surface area contributed by atoms with Crippen LogP contribution in [0.4, 0.5) is 0 Å². The third-order valence-corrected chi connectivity index (χ3v) is 1.68. The minimum atomic E-state index is -0.0849. The zero-order valence-corrected chi connectivity index (χ0v) is 6.46. The molecule has 1 atom stereocenters. The molecule has 4 N–H and O–H groups in total. The maximum atomic E-state index is 8.63. The Morgan fingerprint density at radius 3 is 3.00 bits per heavy atom. The summed E-state index contributed by atoms with van der Waals surface area (Å²) in [7, 11) is 0. The predicted octanol–water partition coefficient (Wildman–Crippen LogP) is 0.267. The second-order valence-electron chi connectivity index (χ2n) is 2.68. The summed E-state index contributed by atoms with van der Waals surface area (Å²) >= 11 is 0. The van der Waals surface area contributed by atoms with Gasteiger partial charge >= 0.3 is 0 Å². The SMILES string of the molecule is N[C@@H](CO)CCc1ccc[nH]1. The fraction of sp³-hybridized carbons (Fsp3) is 0.500. The van der Waals surface area contributed by atoms with Gasteiger partial charge in [-0.05, 0) is 25.0 Å². The van der Waals surface area contributed by atoms with Crippen LogP contribution < -0.4 is 5.73 Å². The van der Waals surface area contributed by atoms with Crippen LogP contribution in [0.15, 0.2) is 18.3 Å². The lowest BCUT2D eigenvalue weighted by Crippen LogP contribution is -2.24. The first-order chi connectivity index (χ1) is 5.33. The number of aliphatic hydroxyl groups excluding tert-OH is 1. The molecule has 1 heterocycles. The largest absolute Gasteiger partial charge is 0.395 e. The van der Waals surface area contributed by atoms with E-state index in [1.165, 1.54) is 5.69 Å². The topological polar surface area (TPSA) is 62.0 Å². The number of aliphatic hydroxyl groups is 1. The van der Waals surface area contributed by atoms with Crippen molar-refractivity contribution in [3.63, 3.8) is 0 Å². The molecule has 0 aliphatic carbocycles. The summed E-state index contributed by atoms with van der Waals surface area (Å²) in [4.78, 5) is 3.08. The smallest absolute Gasteiger partial charge is 0.0582 e. The molecule has 0 saturated carbocycles. The van der Waals surface area contributed by atoms with Crippen LogP contribution in [-0.4, -0.2) is 22.7 Å². The Morgan fingerprint density at radius 2 is 2.45 bits per heavy atom. The van der Waals surface area contributed by atoms with Crippen LogP contribution >= 0.6 is 0 Å². The molecule has 1 rings (SSSR count). The van der Waals surface area contributed by atoms with E-state index in [1.807, 2.05) is 18.3 Å². The molecule has 3 heteroatoms. The van der Waals surface area contributed by atoms with Crippen molar-refractivity contribution in [1.29, 1.82) is 0 Å². The van der Waals surface area contributed by atoms with Gasteiger partial charge in [0.2, 0.25) is 0 Å². The highest BCUT2D eigenvalue weighted by Gasteiger charge is 2.00. The highest BCUT2D eigenvalue weighted by Crippen LogP contribution is 2.00. The number of aromatic amines is 1. The summed E-state index contributed by atoms with van der Waals surface area (Å²) in [5, 5.41) is 8.63. The van der Waals surface area contributed by atoms with Gasteiger partial charge in [0.25, 0.3) is 0 Å². The fourth-order valence-electron chi connectivity index (χ4n) is 0.955. The Kier molecular flexibility index (Phi) is 3.14. The van der Waals surface area contributed by atoms with Crippen molar-refractivity contribution in [3.8, 4) is 0 Å². The summed E-state index contributed by atoms with van der Waals surface area (Å²) in [5.74, 6) is 0. The lowest BCUT2D eigenvalue weighted by atomic mass is 10.1. The molecule has 0 unspecified atom stereocenters. The summed E-state index contributed by atoms with van der Waals surface area (Å²) in [6.07, 6.45) is 3.63. The Morgan fingerprint density at radius 1 is 1.64 bits per heavy atom. The molecule has 3 nitrogen and oxygen atoms in total. The van der Waals surface area contributed by atoms with Crippen LogP contribution in [-0.2, 0) is 6.42 Å². The highest BCUT2D eigenvalue weighted by atomic mass is 16.3. The first-order valence-corrected chi connectivity index (χ1v) is 3.81. The van der Waals surface area contributed by atoms with Crippen molar-refractivity contribution in [3.05, 3.63) is 24.0 Å². The van der Waals surface area contributed by atoms with E-state index < -0.39 is 0 Å². The van der Waals surface area contributed by atoms with Crippen molar-refractivity contribution < 1.29 is 5.11 Å². The van der Waals surface area contributed by atoms with Gasteiger partial charge in [-0.1, -0.05) is 0 Å². The number of rotatable bonds is 4. The molecule has 0 amide bonds. The van der Waals surface area contributed by atoms with Crippen LogP contribution in [0.2, 0.25) is 0 Å². The van der Waals surface area contributed by atoms with Crippen molar-refractivity contribution in [1.82, 2.24) is 4.98 Å². The summed E-state index contributed by atoms with van der Waals surface area (Å²) in [6.45, 7) is 0.0701. The van der Waals surface area contributed by atoms with Gasteiger partial charge in [0.05, 0.1) is 6.61 Å². The average Bonchev–Trinajstić information content (AvgIpc) is 2.52. The standard InChI is InChI=1S/C8H14N2O/c9-7(6-11)3-4-8-2-1-5-10-8/h1-2,5,7,10-11H,3-4,6,9H2/t7-/m1/s1. The zero-order valence-electron chi connectivity index (χ0n) is 6.46. The quantitative estimate of drug-likeness (QED) is 0.582. The summed E-state index contributed by atoms with van der Waals surface area (Å²) in [5.41, 5.74) is 6.70. The van der Waals surface area contributed by atoms with Gasteiger partial charge in [-0.3, -0.25) is 0 Å². The molecule has 1 aromatic heterocycles. The lowest BCUT2D eigenvalue weighted by Gasteiger charge is -2.05. The van der Waals surface area contributed by atoms with Crippen LogP contribution in [0.25, 0.3) is 0 Å². The molecule has 0 radical (unpaired) electrons. The minimum absolute atomic E-state index is 0.0701. The third-order valence-electron chi connectivity index (χ3n) is 1.68. The molecular formula is C8H14N2O. The van der Waals surface area contributed by atoms with Crippen LogP contribution in [0, 0.1) is 0 Å². The monoisotopic (exact) mass is 154 g/mol. The fourth-order valence-corrected chi connectivity index (χ4v) is 0.955. The molecule has 62 valence electrons. The van der Waals surface area contributed by atoms with Gasteiger partial charge in [-0.2, -0.15) is 0 Å². The summed E-state index contributed by atoms with van der Waals surface area (Å²) < 4.78 is 0. The first-order valence-electron chi connectivity index (χ1n) is 3.81. The molecule has 0 saturated heterocycles. The molecule has 0 aliphatic rings. The number of hydrogen-bond acceptors (Lipinski definition) is 2. The van der Waals surface area contributed by atoms with Crippen LogP contribution in [0.1, 0.15) is 12.1 Å². The zero-order chi connectivity index (χ0) is 8.10. The predicted molar refractivity (Wildman–Crippen MR) is 44.2 cm³/mol. The van der Waals surface area contributed by atoms with Gasteiger partial charge in [0.1, 0.15) is 0 Å². The molecule has 1 aromatic rings. The van der Waals surface area contributed by atoms with E-state index in [0.717, 1.165) is 12.8 Å². The maximum absolute atomic E-state index is 8.63. The third kappa shape index (κ3) is 2.74. The van der Waals surface area contributed by atoms with E-state index >= 15 is 0 Å². The van der Waals surface area contributed by atoms with E-state index in [9.17, 15) is 0 Å². The second kappa shape index (κ2) is 4.16. The van der Waals surface area contributed by atoms with Crippen molar-refractivity contribution in [2.75, 3.05) is 6.61 Å². The number of nitrogens with two attached hydrogens (primary N) is 1. The molecule has 0 spiro atoms. The number of nitrogens with one attached hydrogen (secondary N) is 1. The van der Waals surface area contributed by atoms with Gasteiger partial charge in [-0.15, -0.1) is 0 Å². The average molecular weight is 154 g/mol. The van der Waals surface area contributed by atoms with Crippen LogP contribution in [0.5, 0.6) is 0 Å². The van der Waals surface area contributed by atoms with Crippen LogP contribution in [0.3, 0.4) is 0 Å². The minimum Gasteiger partial charge on any atom is -0.395 e. The lowest BCUT2D eigenvalue weighted by molar-refractivity contribution is 0.260. The first kappa shape index (κ1) is 8.30. The number of hydrogen-bond donors (Lipinski definition) is 3. The molecule has 0 bridgehead atoms. The van der Waals surface area contributed by atoms with Gasteiger partial charge in [0, 0.05) is 17.9 Å².